The lowest BCUT2D eigenvalue weighted by atomic mass is 10.1. The highest BCUT2D eigenvalue weighted by Gasteiger charge is 2.12. The number of carbonyl (C=O) groups is 1. The summed E-state index contributed by atoms with van der Waals surface area (Å²) >= 11 is 7.80. The van der Waals surface area contributed by atoms with Gasteiger partial charge in [0.05, 0.1) is 22.3 Å². The second-order valence-electron chi connectivity index (χ2n) is 4.83. The number of methoxy groups -OCH3 is 1. The molecule has 0 saturated carbocycles. The number of esters is 1. The second kappa shape index (κ2) is 6.02. The number of aromatic nitrogens is 2. The summed E-state index contributed by atoms with van der Waals surface area (Å²) in [5.41, 5.74) is 3.02. The molecule has 2 aromatic heterocycles. The molecule has 6 heteroatoms. The topological polar surface area (TPSA) is 52.1 Å². The number of benzene rings is 1. The zero-order valence-corrected chi connectivity index (χ0v) is 13.7. The van der Waals surface area contributed by atoms with E-state index in [1.54, 1.807) is 23.5 Å². The molecule has 0 N–H and O–H groups in total. The van der Waals surface area contributed by atoms with E-state index in [1.165, 1.54) is 7.11 Å². The molecule has 0 amide bonds. The lowest BCUT2D eigenvalue weighted by molar-refractivity contribution is 0.0593. The van der Waals surface area contributed by atoms with Crippen LogP contribution in [0, 0.1) is 6.92 Å². The third-order valence-electron chi connectivity index (χ3n) is 3.22. The maximum atomic E-state index is 11.6. The van der Waals surface area contributed by atoms with Crippen molar-refractivity contribution in [1.82, 2.24) is 9.97 Å². The average Bonchev–Trinajstić information content (AvgIpc) is 2.87. The van der Waals surface area contributed by atoms with Gasteiger partial charge in [0.1, 0.15) is 5.69 Å². The molecular formula is C16H13ClN2O2S. The van der Waals surface area contributed by atoms with Gasteiger partial charge in [-0.25, -0.2) is 14.8 Å². The number of halogens is 1. The third kappa shape index (κ3) is 2.96. The smallest absolute Gasteiger partial charge is 0.356 e. The Bertz CT molecular complexity index is 860. The molecule has 0 bridgehead atoms. The summed E-state index contributed by atoms with van der Waals surface area (Å²) in [6.45, 7) is 1.97. The van der Waals surface area contributed by atoms with Crippen LogP contribution >= 0.6 is 22.9 Å². The van der Waals surface area contributed by atoms with Crippen LogP contribution in [0.2, 0.25) is 5.02 Å². The molecule has 112 valence electrons. The van der Waals surface area contributed by atoms with E-state index >= 15 is 0 Å². The molecule has 0 saturated heterocycles. The van der Waals surface area contributed by atoms with Gasteiger partial charge in [-0.15, -0.1) is 11.3 Å². The Kier molecular flexibility index (Phi) is 4.09. The van der Waals surface area contributed by atoms with Crippen LogP contribution in [0.15, 0.2) is 30.3 Å². The summed E-state index contributed by atoms with van der Waals surface area (Å²) in [6, 6.07) is 9.12. The first kappa shape index (κ1) is 14.9. The zero-order chi connectivity index (χ0) is 15.7. The van der Waals surface area contributed by atoms with Crippen LogP contribution in [-0.2, 0) is 11.2 Å². The van der Waals surface area contributed by atoms with Gasteiger partial charge in [0, 0.05) is 17.1 Å². The minimum absolute atomic E-state index is 0.299. The average molecular weight is 333 g/mol. The number of thiazole rings is 1. The van der Waals surface area contributed by atoms with Crippen molar-refractivity contribution in [1.29, 1.82) is 0 Å². The van der Waals surface area contributed by atoms with Crippen molar-refractivity contribution in [3.8, 4) is 0 Å². The number of rotatable bonds is 3. The van der Waals surface area contributed by atoms with Crippen molar-refractivity contribution >= 4 is 39.1 Å². The van der Waals surface area contributed by atoms with Crippen LogP contribution in [-0.4, -0.2) is 23.0 Å². The fourth-order valence-electron chi connectivity index (χ4n) is 2.30. The molecular weight excluding hydrogens is 320 g/mol. The lowest BCUT2D eigenvalue weighted by Gasteiger charge is -2.05. The van der Waals surface area contributed by atoms with Crippen molar-refractivity contribution in [3.05, 3.63) is 57.3 Å². The van der Waals surface area contributed by atoms with E-state index in [9.17, 15) is 4.79 Å². The molecule has 22 heavy (non-hydrogen) atoms. The first-order valence-electron chi connectivity index (χ1n) is 6.66. The summed E-state index contributed by atoms with van der Waals surface area (Å²) < 4.78 is 5.76. The Hall–Kier alpha value is -1.98. The Morgan fingerprint density at radius 3 is 2.91 bits per heavy atom. The number of hydrogen-bond donors (Lipinski definition) is 0. The van der Waals surface area contributed by atoms with Crippen LogP contribution in [0.25, 0.3) is 10.2 Å². The van der Waals surface area contributed by atoms with Gasteiger partial charge in [-0.2, -0.15) is 0 Å². The third-order valence-corrected chi connectivity index (χ3v) is 4.35. The van der Waals surface area contributed by atoms with Gasteiger partial charge < -0.3 is 4.74 Å². The van der Waals surface area contributed by atoms with Crippen LogP contribution < -0.4 is 0 Å². The molecule has 0 unspecified atom stereocenters. The summed E-state index contributed by atoms with van der Waals surface area (Å²) in [7, 11) is 1.34. The SMILES string of the molecule is COC(=O)c1cccc(Cc2cc(Cl)cc3sc(C)nc23)n1. The molecule has 3 rings (SSSR count). The molecule has 0 aliphatic carbocycles. The Morgan fingerprint density at radius 2 is 2.14 bits per heavy atom. The van der Waals surface area contributed by atoms with E-state index in [0.29, 0.717) is 17.1 Å². The quantitative estimate of drug-likeness (QED) is 0.679. The normalized spacial score (nSPS) is 10.9. The Balaban J connectivity index is 2.01. The van der Waals surface area contributed by atoms with Gasteiger partial charge in [0.25, 0.3) is 0 Å². The number of pyridine rings is 1. The van der Waals surface area contributed by atoms with Crippen LogP contribution in [0.5, 0.6) is 0 Å². The van der Waals surface area contributed by atoms with Crippen molar-refractivity contribution < 1.29 is 9.53 Å². The first-order chi connectivity index (χ1) is 10.6. The molecule has 0 aliphatic rings. The maximum Gasteiger partial charge on any atom is 0.356 e. The van der Waals surface area contributed by atoms with Crippen LogP contribution in [0.4, 0.5) is 0 Å². The summed E-state index contributed by atoms with van der Waals surface area (Å²) in [5, 5.41) is 1.67. The van der Waals surface area contributed by atoms with E-state index in [1.807, 2.05) is 25.1 Å². The van der Waals surface area contributed by atoms with Gasteiger partial charge in [-0.3, -0.25) is 0 Å². The van der Waals surface area contributed by atoms with E-state index < -0.39 is 5.97 Å². The van der Waals surface area contributed by atoms with Gasteiger partial charge in [0.2, 0.25) is 0 Å². The number of nitrogens with zero attached hydrogens (tertiary/aromatic N) is 2. The number of hydrogen-bond acceptors (Lipinski definition) is 5. The fourth-order valence-corrected chi connectivity index (χ4v) is 3.52. The van der Waals surface area contributed by atoms with Crippen molar-refractivity contribution in [3.63, 3.8) is 0 Å². The van der Waals surface area contributed by atoms with Crippen molar-refractivity contribution in [2.24, 2.45) is 0 Å². The fraction of sp³-hybridized carbons (Fsp3) is 0.188. The highest BCUT2D eigenvalue weighted by atomic mass is 35.5. The molecule has 0 spiro atoms. The van der Waals surface area contributed by atoms with Crippen molar-refractivity contribution in [2.75, 3.05) is 7.11 Å². The zero-order valence-electron chi connectivity index (χ0n) is 12.1. The predicted octanol–water partition coefficient (Wildman–Crippen LogP) is 4.03. The lowest BCUT2D eigenvalue weighted by Crippen LogP contribution is -2.06. The van der Waals surface area contributed by atoms with Gasteiger partial charge >= 0.3 is 5.97 Å². The number of ether oxygens (including phenoxy) is 1. The molecule has 0 fully saturated rings. The minimum atomic E-state index is -0.442. The first-order valence-corrected chi connectivity index (χ1v) is 7.86. The number of fused-ring (bicyclic) bond motifs is 1. The van der Waals surface area contributed by atoms with E-state index in [0.717, 1.165) is 26.5 Å². The summed E-state index contributed by atoms with van der Waals surface area (Å²) in [4.78, 5) is 20.5. The van der Waals surface area contributed by atoms with Crippen LogP contribution in [0.3, 0.4) is 0 Å². The summed E-state index contributed by atoms with van der Waals surface area (Å²) in [6.07, 6.45) is 0.561. The molecule has 4 nitrogen and oxygen atoms in total. The number of carbonyl (C=O) groups excluding carboxylic acids is 1. The highest BCUT2D eigenvalue weighted by molar-refractivity contribution is 7.18. The highest BCUT2D eigenvalue weighted by Crippen LogP contribution is 2.29. The minimum Gasteiger partial charge on any atom is -0.464 e. The van der Waals surface area contributed by atoms with Crippen molar-refractivity contribution in [2.45, 2.75) is 13.3 Å². The molecule has 0 atom stereocenters. The maximum absolute atomic E-state index is 11.6. The molecule has 0 radical (unpaired) electrons. The van der Waals surface area contributed by atoms with E-state index in [-0.39, 0.29) is 0 Å². The molecule has 1 aromatic carbocycles. The van der Waals surface area contributed by atoms with E-state index in [4.69, 9.17) is 16.3 Å². The standard InChI is InChI=1S/C16H13ClN2O2S/c1-9-18-15-10(6-11(17)8-14(15)22-9)7-12-4-3-5-13(19-12)16(20)21-2/h3-6,8H,7H2,1-2H3. The Labute approximate surface area is 136 Å². The van der Waals surface area contributed by atoms with Gasteiger partial charge in [0.15, 0.2) is 0 Å². The van der Waals surface area contributed by atoms with E-state index in [2.05, 4.69) is 9.97 Å². The van der Waals surface area contributed by atoms with Gasteiger partial charge in [-0.05, 0) is 36.8 Å². The second-order valence-corrected chi connectivity index (χ2v) is 6.50. The predicted molar refractivity (Wildman–Crippen MR) is 87.7 cm³/mol. The molecule has 3 aromatic rings. The van der Waals surface area contributed by atoms with Crippen LogP contribution in [0.1, 0.15) is 26.8 Å². The largest absolute Gasteiger partial charge is 0.464 e. The molecule has 0 aliphatic heterocycles. The molecule has 2 heterocycles. The number of aryl methyl sites for hydroxylation is 1. The Morgan fingerprint density at radius 1 is 1.32 bits per heavy atom. The van der Waals surface area contributed by atoms with Gasteiger partial charge in [-0.1, -0.05) is 17.7 Å². The summed E-state index contributed by atoms with van der Waals surface area (Å²) in [5.74, 6) is -0.442. The monoisotopic (exact) mass is 332 g/mol.